The number of carbonyl (C=O) groups is 3. The Balaban J connectivity index is 1.44. The van der Waals surface area contributed by atoms with Crippen LogP contribution in [0.25, 0.3) is 6.08 Å². The van der Waals surface area contributed by atoms with Gasteiger partial charge in [-0.05, 0) is 35.4 Å². The summed E-state index contributed by atoms with van der Waals surface area (Å²) in [7, 11) is 0. The van der Waals surface area contributed by atoms with Crippen LogP contribution in [-0.4, -0.2) is 33.6 Å². The molecule has 3 heterocycles. The molecule has 2 fully saturated rings. The van der Waals surface area contributed by atoms with Crippen molar-refractivity contribution in [2.24, 2.45) is 11.8 Å². The predicted molar refractivity (Wildman–Crippen MR) is 136 cm³/mol. The normalized spacial score (nSPS) is 23.5. The summed E-state index contributed by atoms with van der Waals surface area (Å²) < 4.78 is 0. The Bertz CT molecular complexity index is 1510. The Hall–Kier alpha value is -4.50. The Kier molecular flexibility index (Phi) is 5.31. The smallest absolute Gasteiger partial charge is 0.271 e. The molecule has 0 bridgehead atoms. The minimum absolute atomic E-state index is 0.0546. The summed E-state index contributed by atoms with van der Waals surface area (Å²) in [6, 6.07) is 18.4. The van der Waals surface area contributed by atoms with Crippen molar-refractivity contribution in [2.75, 3.05) is 10.2 Å². The van der Waals surface area contributed by atoms with Crippen LogP contribution in [0, 0.1) is 22.0 Å². The van der Waals surface area contributed by atoms with Gasteiger partial charge in [0.1, 0.15) is 6.04 Å². The topological polar surface area (TPSA) is 113 Å². The molecule has 0 spiro atoms. The van der Waals surface area contributed by atoms with E-state index in [9.17, 15) is 24.5 Å². The number of nitro groups is 1. The molecule has 0 aromatic heterocycles. The largest absolute Gasteiger partial charge is 0.357 e. The maximum atomic E-state index is 13.8. The number of benzene rings is 3. The highest BCUT2D eigenvalue weighted by atomic mass is 35.5. The van der Waals surface area contributed by atoms with E-state index >= 15 is 0 Å². The van der Waals surface area contributed by atoms with E-state index in [4.69, 9.17) is 11.6 Å². The summed E-state index contributed by atoms with van der Waals surface area (Å²) in [4.78, 5) is 54.9. The third-order valence-electron chi connectivity index (χ3n) is 7.16. The number of nitrogens with zero attached hydrogens (tertiary/aromatic N) is 3. The van der Waals surface area contributed by atoms with Gasteiger partial charge in [0.25, 0.3) is 5.69 Å². The van der Waals surface area contributed by atoms with Crippen molar-refractivity contribution < 1.29 is 19.3 Å². The lowest BCUT2D eigenvalue weighted by Gasteiger charge is -2.35. The molecule has 9 nitrogen and oxygen atoms in total. The fraction of sp³-hybridized carbons (Fsp3) is 0.148. The summed E-state index contributed by atoms with van der Waals surface area (Å²) in [6.45, 7) is 0. The molecule has 10 heteroatoms. The second-order valence-corrected chi connectivity index (χ2v) is 9.50. The summed E-state index contributed by atoms with van der Waals surface area (Å²) in [6.07, 6.45) is 3.58. The highest BCUT2D eigenvalue weighted by molar-refractivity contribution is 6.34. The Morgan fingerprint density at radius 1 is 0.946 bits per heavy atom. The lowest BCUT2D eigenvalue weighted by Crippen LogP contribution is -2.46. The van der Waals surface area contributed by atoms with E-state index < -0.39 is 40.7 Å². The summed E-state index contributed by atoms with van der Waals surface area (Å²) in [5.41, 5.74) is 2.01. The number of imide groups is 1. The van der Waals surface area contributed by atoms with Crippen LogP contribution in [0.4, 0.5) is 17.1 Å². The third kappa shape index (κ3) is 3.50. The van der Waals surface area contributed by atoms with E-state index in [0.717, 1.165) is 16.0 Å². The SMILES string of the molecule is O=C(Nc1cc([N+](=O)[O-])ccc1Cl)C1C2C(=O)N(c3ccccc3)C(=O)C2C2c3ccccc3C=CN12. The average Bonchev–Trinajstić information content (AvgIpc) is 3.38. The van der Waals surface area contributed by atoms with Crippen LogP contribution in [0.1, 0.15) is 17.2 Å². The minimum Gasteiger partial charge on any atom is -0.357 e. The van der Waals surface area contributed by atoms with Crippen LogP contribution in [0.5, 0.6) is 0 Å². The molecule has 37 heavy (non-hydrogen) atoms. The first-order chi connectivity index (χ1) is 17.9. The number of carbonyl (C=O) groups excluding carboxylic acids is 3. The molecule has 3 aromatic rings. The van der Waals surface area contributed by atoms with Gasteiger partial charge in [-0.25, -0.2) is 4.90 Å². The van der Waals surface area contributed by atoms with Crippen molar-refractivity contribution in [1.82, 2.24) is 4.90 Å². The van der Waals surface area contributed by atoms with Gasteiger partial charge in [0.15, 0.2) is 0 Å². The van der Waals surface area contributed by atoms with E-state index in [2.05, 4.69) is 5.32 Å². The highest BCUT2D eigenvalue weighted by Gasteiger charge is 2.64. The quantitative estimate of drug-likeness (QED) is 0.313. The van der Waals surface area contributed by atoms with Gasteiger partial charge < -0.3 is 10.2 Å². The predicted octanol–water partition coefficient (Wildman–Crippen LogP) is 4.40. The standard InChI is InChI=1S/C27H19ClN4O5/c28-19-11-10-17(32(36)37)14-20(19)29-25(33)24-22-21(23-18-9-5-4-6-15(18)12-13-30(23)24)26(34)31(27(22)35)16-7-2-1-3-8-16/h1-14,21-24H,(H,29,33). The second-order valence-electron chi connectivity index (χ2n) is 9.09. The van der Waals surface area contributed by atoms with Gasteiger partial charge in [-0.3, -0.25) is 24.5 Å². The Morgan fingerprint density at radius 3 is 2.41 bits per heavy atom. The molecule has 2 saturated heterocycles. The zero-order chi connectivity index (χ0) is 25.8. The lowest BCUT2D eigenvalue weighted by atomic mass is 9.84. The number of non-ortho nitro benzene ring substituents is 1. The number of fused-ring (bicyclic) bond motifs is 5. The van der Waals surface area contributed by atoms with Gasteiger partial charge in [-0.1, -0.05) is 54.1 Å². The number of rotatable bonds is 4. The zero-order valence-electron chi connectivity index (χ0n) is 19.2. The van der Waals surface area contributed by atoms with Crippen LogP contribution in [0.15, 0.2) is 79.0 Å². The van der Waals surface area contributed by atoms with E-state index in [1.54, 1.807) is 41.4 Å². The number of para-hydroxylation sites is 1. The fourth-order valence-electron chi connectivity index (χ4n) is 5.62. The number of nitrogens with one attached hydrogen (secondary N) is 1. The molecule has 6 rings (SSSR count). The van der Waals surface area contributed by atoms with Gasteiger partial charge in [-0.15, -0.1) is 0 Å². The maximum Gasteiger partial charge on any atom is 0.271 e. The molecule has 0 radical (unpaired) electrons. The van der Waals surface area contributed by atoms with Crippen LogP contribution in [0.3, 0.4) is 0 Å². The Morgan fingerprint density at radius 2 is 1.65 bits per heavy atom. The molecular weight excluding hydrogens is 496 g/mol. The summed E-state index contributed by atoms with van der Waals surface area (Å²) >= 11 is 6.23. The van der Waals surface area contributed by atoms with Crippen molar-refractivity contribution in [3.8, 4) is 0 Å². The van der Waals surface area contributed by atoms with E-state index in [1.807, 2.05) is 30.3 Å². The van der Waals surface area contributed by atoms with Gasteiger partial charge in [-0.2, -0.15) is 0 Å². The molecule has 3 aliphatic heterocycles. The van der Waals surface area contributed by atoms with E-state index in [0.29, 0.717) is 5.69 Å². The maximum absolute atomic E-state index is 13.8. The van der Waals surface area contributed by atoms with Crippen molar-refractivity contribution >= 4 is 52.5 Å². The number of anilines is 2. The fourth-order valence-corrected chi connectivity index (χ4v) is 5.78. The van der Waals surface area contributed by atoms with Crippen molar-refractivity contribution in [1.29, 1.82) is 0 Å². The molecule has 3 aliphatic rings. The number of hydrogen-bond acceptors (Lipinski definition) is 6. The van der Waals surface area contributed by atoms with Gasteiger partial charge in [0.05, 0.1) is 39.2 Å². The minimum atomic E-state index is -1.04. The monoisotopic (exact) mass is 514 g/mol. The highest BCUT2D eigenvalue weighted by Crippen LogP contribution is 2.53. The molecule has 3 aromatic carbocycles. The van der Waals surface area contributed by atoms with E-state index in [1.165, 1.54) is 18.2 Å². The van der Waals surface area contributed by atoms with Crippen molar-refractivity contribution in [3.05, 3.63) is 105 Å². The second kappa shape index (κ2) is 8.56. The van der Waals surface area contributed by atoms with E-state index in [-0.39, 0.29) is 22.3 Å². The molecule has 4 unspecified atom stereocenters. The number of amides is 3. The Labute approximate surface area is 216 Å². The van der Waals surface area contributed by atoms with Crippen molar-refractivity contribution in [3.63, 3.8) is 0 Å². The first-order valence-electron chi connectivity index (χ1n) is 11.6. The molecule has 0 saturated carbocycles. The molecular formula is C27H19ClN4O5. The first-order valence-corrected chi connectivity index (χ1v) is 12.0. The third-order valence-corrected chi connectivity index (χ3v) is 7.49. The molecule has 184 valence electrons. The number of hydrogen-bond donors (Lipinski definition) is 1. The lowest BCUT2D eigenvalue weighted by molar-refractivity contribution is -0.384. The number of halogens is 1. The van der Waals surface area contributed by atoms with Gasteiger partial charge in [0.2, 0.25) is 17.7 Å². The first kappa shape index (κ1) is 22.9. The molecule has 0 aliphatic carbocycles. The van der Waals surface area contributed by atoms with Crippen LogP contribution >= 0.6 is 11.6 Å². The van der Waals surface area contributed by atoms with Crippen LogP contribution in [0.2, 0.25) is 5.02 Å². The average molecular weight is 515 g/mol. The van der Waals surface area contributed by atoms with Gasteiger partial charge >= 0.3 is 0 Å². The summed E-state index contributed by atoms with van der Waals surface area (Å²) in [5.74, 6) is -3.18. The molecule has 3 amide bonds. The van der Waals surface area contributed by atoms with Crippen molar-refractivity contribution in [2.45, 2.75) is 12.1 Å². The molecule has 4 atom stereocenters. The number of nitro benzene ring substituents is 1. The van der Waals surface area contributed by atoms with Gasteiger partial charge in [0, 0.05) is 18.3 Å². The van der Waals surface area contributed by atoms with Crippen LogP contribution in [-0.2, 0) is 14.4 Å². The summed E-state index contributed by atoms with van der Waals surface area (Å²) in [5, 5.41) is 14.0. The zero-order valence-corrected chi connectivity index (χ0v) is 19.9. The molecule has 1 N–H and O–H groups in total. The van der Waals surface area contributed by atoms with Crippen LogP contribution < -0.4 is 10.2 Å².